The lowest BCUT2D eigenvalue weighted by molar-refractivity contribution is -0.121. The van der Waals surface area contributed by atoms with Crippen LogP contribution in [-0.4, -0.2) is 24.0 Å². The predicted molar refractivity (Wildman–Crippen MR) is 88.7 cm³/mol. The molecule has 0 spiro atoms. The fourth-order valence-corrected chi connectivity index (χ4v) is 2.26. The van der Waals surface area contributed by atoms with E-state index in [0.717, 1.165) is 23.6 Å². The Morgan fingerprint density at radius 2 is 2.00 bits per heavy atom. The van der Waals surface area contributed by atoms with Crippen LogP contribution < -0.4 is 10.6 Å². The quantitative estimate of drug-likeness (QED) is 0.736. The number of aromatic nitrogens is 1. The van der Waals surface area contributed by atoms with Crippen molar-refractivity contribution in [3.63, 3.8) is 0 Å². The molecule has 0 unspecified atom stereocenters. The van der Waals surface area contributed by atoms with Crippen LogP contribution in [0, 0.1) is 0 Å². The number of nitrogens with zero attached hydrogens (tertiary/aromatic N) is 1. The molecule has 4 nitrogen and oxygen atoms in total. The molecule has 1 amide bonds. The molecule has 2 rings (SSSR count). The van der Waals surface area contributed by atoms with Crippen molar-refractivity contribution in [2.24, 2.45) is 0 Å². The highest BCUT2D eigenvalue weighted by atomic mass is 35.5. The van der Waals surface area contributed by atoms with E-state index in [1.54, 1.807) is 12.4 Å². The third-order valence-electron chi connectivity index (χ3n) is 3.22. The minimum absolute atomic E-state index is 0.0408. The van der Waals surface area contributed by atoms with Crippen LogP contribution in [0.1, 0.15) is 17.5 Å². The van der Waals surface area contributed by atoms with Gasteiger partial charge in [0.2, 0.25) is 5.91 Å². The van der Waals surface area contributed by atoms with Crippen molar-refractivity contribution < 1.29 is 4.79 Å². The van der Waals surface area contributed by atoms with E-state index in [1.807, 2.05) is 36.4 Å². The van der Waals surface area contributed by atoms with Crippen LogP contribution >= 0.6 is 11.6 Å². The van der Waals surface area contributed by atoms with Gasteiger partial charge in [0.1, 0.15) is 0 Å². The lowest BCUT2D eigenvalue weighted by Crippen LogP contribution is -2.28. The van der Waals surface area contributed by atoms with Crippen LogP contribution in [0.25, 0.3) is 0 Å². The third kappa shape index (κ3) is 6.24. The van der Waals surface area contributed by atoms with Gasteiger partial charge in [-0.25, -0.2) is 0 Å². The van der Waals surface area contributed by atoms with Crippen molar-refractivity contribution in [3.8, 4) is 0 Å². The zero-order chi connectivity index (χ0) is 15.6. The van der Waals surface area contributed by atoms with Gasteiger partial charge in [-0.3, -0.25) is 9.78 Å². The number of pyridine rings is 1. The Labute approximate surface area is 135 Å². The molecule has 0 aliphatic heterocycles. The van der Waals surface area contributed by atoms with Gasteiger partial charge in [0.15, 0.2) is 0 Å². The largest absolute Gasteiger partial charge is 0.352 e. The number of hydrogen-bond donors (Lipinski definition) is 2. The van der Waals surface area contributed by atoms with Crippen molar-refractivity contribution in [1.82, 2.24) is 15.6 Å². The van der Waals surface area contributed by atoms with E-state index in [2.05, 4.69) is 15.6 Å². The summed E-state index contributed by atoms with van der Waals surface area (Å²) in [6, 6.07) is 11.6. The number of nitrogens with one attached hydrogen (secondary N) is 2. The fraction of sp³-hybridized carbons (Fsp3) is 0.294. The molecule has 116 valence electrons. The summed E-state index contributed by atoms with van der Waals surface area (Å²) in [7, 11) is 0. The Hall–Kier alpha value is -1.91. The highest BCUT2D eigenvalue weighted by Gasteiger charge is 2.01. The second-order valence-electron chi connectivity index (χ2n) is 5.02. The van der Waals surface area contributed by atoms with Gasteiger partial charge < -0.3 is 10.6 Å². The minimum atomic E-state index is 0.0408. The van der Waals surface area contributed by atoms with Crippen molar-refractivity contribution in [2.45, 2.75) is 19.4 Å². The van der Waals surface area contributed by atoms with Gasteiger partial charge in [0.05, 0.1) is 0 Å². The first-order valence-electron chi connectivity index (χ1n) is 7.35. The molecule has 0 radical (unpaired) electrons. The van der Waals surface area contributed by atoms with Crippen LogP contribution in [0.3, 0.4) is 0 Å². The standard InChI is InChI=1S/C17H20ClN3O/c18-16-5-1-3-14(11-16)6-9-19-10-7-17(22)21-13-15-4-2-8-20-12-15/h1-5,8,11-12,19H,6-7,9-10,13H2,(H,21,22). The molecule has 1 aromatic heterocycles. The third-order valence-corrected chi connectivity index (χ3v) is 3.46. The maximum absolute atomic E-state index is 11.7. The average molecular weight is 318 g/mol. The molecule has 0 saturated carbocycles. The number of halogens is 1. The molecule has 2 aromatic rings. The number of carbonyl (C=O) groups is 1. The van der Waals surface area contributed by atoms with Crippen molar-refractivity contribution in [2.75, 3.05) is 13.1 Å². The van der Waals surface area contributed by atoms with Crippen molar-refractivity contribution in [1.29, 1.82) is 0 Å². The van der Waals surface area contributed by atoms with Crippen LogP contribution in [0.15, 0.2) is 48.8 Å². The number of carbonyl (C=O) groups excluding carboxylic acids is 1. The number of hydrogen-bond acceptors (Lipinski definition) is 3. The molecule has 0 aliphatic rings. The fourth-order valence-electron chi connectivity index (χ4n) is 2.04. The molecule has 1 aromatic carbocycles. The summed E-state index contributed by atoms with van der Waals surface area (Å²) < 4.78 is 0. The van der Waals surface area contributed by atoms with Gasteiger partial charge in [0.25, 0.3) is 0 Å². The highest BCUT2D eigenvalue weighted by molar-refractivity contribution is 6.30. The number of benzene rings is 1. The van der Waals surface area contributed by atoms with Gasteiger partial charge in [-0.1, -0.05) is 29.8 Å². The van der Waals surface area contributed by atoms with Crippen molar-refractivity contribution >= 4 is 17.5 Å². The second-order valence-corrected chi connectivity index (χ2v) is 5.45. The Balaban J connectivity index is 1.55. The van der Waals surface area contributed by atoms with Gasteiger partial charge in [-0.05, 0) is 42.3 Å². The first-order chi connectivity index (χ1) is 10.7. The van der Waals surface area contributed by atoms with Gasteiger partial charge in [-0.2, -0.15) is 0 Å². The van der Waals surface area contributed by atoms with Crippen LogP contribution in [0.5, 0.6) is 0 Å². The Bertz CT molecular complexity index is 589. The maximum Gasteiger partial charge on any atom is 0.221 e. The molecular weight excluding hydrogens is 298 g/mol. The molecule has 22 heavy (non-hydrogen) atoms. The SMILES string of the molecule is O=C(CCNCCc1cccc(Cl)c1)NCc1cccnc1. The topological polar surface area (TPSA) is 54.0 Å². The van der Waals surface area contributed by atoms with Gasteiger partial charge in [-0.15, -0.1) is 0 Å². The van der Waals surface area contributed by atoms with E-state index in [4.69, 9.17) is 11.6 Å². The molecular formula is C17H20ClN3O. The van der Waals surface area contributed by atoms with Gasteiger partial charge >= 0.3 is 0 Å². The van der Waals surface area contributed by atoms with Crippen molar-refractivity contribution in [3.05, 3.63) is 64.9 Å². The molecule has 0 aliphatic carbocycles. The van der Waals surface area contributed by atoms with E-state index in [9.17, 15) is 4.79 Å². The summed E-state index contributed by atoms with van der Waals surface area (Å²) in [5.74, 6) is 0.0408. The normalized spacial score (nSPS) is 10.4. The molecule has 0 fully saturated rings. The molecule has 2 N–H and O–H groups in total. The van der Waals surface area contributed by atoms with Gasteiger partial charge in [0, 0.05) is 36.9 Å². The first-order valence-corrected chi connectivity index (χ1v) is 7.72. The Morgan fingerprint density at radius 1 is 1.14 bits per heavy atom. The van der Waals surface area contributed by atoms with Crippen LogP contribution in [0.4, 0.5) is 0 Å². The lowest BCUT2D eigenvalue weighted by Gasteiger charge is -2.07. The predicted octanol–water partition coefficient (Wildman–Crippen LogP) is 2.57. The summed E-state index contributed by atoms with van der Waals surface area (Å²) in [6.07, 6.45) is 4.84. The van der Waals surface area contributed by atoms with Crippen LogP contribution in [0.2, 0.25) is 5.02 Å². The molecule has 1 heterocycles. The highest BCUT2D eigenvalue weighted by Crippen LogP contribution is 2.10. The molecule has 0 bridgehead atoms. The van der Waals surface area contributed by atoms with E-state index >= 15 is 0 Å². The van der Waals surface area contributed by atoms with E-state index in [0.29, 0.717) is 19.5 Å². The van der Waals surface area contributed by atoms with E-state index < -0.39 is 0 Å². The zero-order valence-corrected chi connectivity index (χ0v) is 13.1. The summed E-state index contributed by atoms with van der Waals surface area (Å²) in [5.41, 5.74) is 2.20. The second kappa shape index (κ2) is 9.18. The average Bonchev–Trinajstić information content (AvgIpc) is 2.54. The lowest BCUT2D eigenvalue weighted by atomic mass is 10.1. The van der Waals surface area contributed by atoms with E-state index in [-0.39, 0.29) is 5.91 Å². The number of amides is 1. The first kappa shape index (κ1) is 16.5. The molecule has 0 atom stereocenters. The zero-order valence-electron chi connectivity index (χ0n) is 12.4. The molecule has 0 saturated heterocycles. The van der Waals surface area contributed by atoms with E-state index in [1.165, 1.54) is 5.56 Å². The smallest absolute Gasteiger partial charge is 0.221 e. The van der Waals surface area contributed by atoms with Crippen LogP contribution in [-0.2, 0) is 17.8 Å². The summed E-state index contributed by atoms with van der Waals surface area (Å²) in [5, 5.41) is 6.90. The summed E-state index contributed by atoms with van der Waals surface area (Å²) in [6.45, 7) is 2.02. The maximum atomic E-state index is 11.7. The molecule has 5 heteroatoms. The Morgan fingerprint density at radius 3 is 2.77 bits per heavy atom. The number of rotatable bonds is 8. The minimum Gasteiger partial charge on any atom is -0.352 e. The monoisotopic (exact) mass is 317 g/mol. The summed E-state index contributed by atoms with van der Waals surface area (Å²) >= 11 is 5.93. The summed E-state index contributed by atoms with van der Waals surface area (Å²) in [4.78, 5) is 15.7. The Kier molecular flexibility index (Phi) is 6.87.